The number of rotatable bonds is 8. The minimum absolute atomic E-state index is 0.0284. The first-order valence-electron chi connectivity index (χ1n) is 11.2. The third-order valence-electron chi connectivity index (χ3n) is 5.68. The van der Waals surface area contributed by atoms with Crippen LogP contribution in [0.5, 0.6) is 0 Å². The van der Waals surface area contributed by atoms with Crippen LogP contribution >= 0.6 is 23.1 Å². The van der Waals surface area contributed by atoms with E-state index < -0.39 is 11.9 Å². The van der Waals surface area contributed by atoms with E-state index in [2.05, 4.69) is 17.6 Å². The fraction of sp³-hybridized carbons (Fsp3) is 0.478. The van der Waals surface area contributed by atoms with E-state index in [0.29, 0.717) is 28.8 Å². The summed E-state index contributed by atoms with van der Waals surface area (Å²) in [4.78, 5) is 44.5. The summed E-state index contributed by atoms with van der Waals surface area (Å²) in [5.74, 6) is 0.765. The van der Waals surface area contributed by atoms with E-state index in [-0.39, 0.29) is 17.9 Å². The molecule has 1 atom stereocenters. The van der Waals surface area contributed by atoms with Crippen LogP contribution in [0, 0.1) is 5.92 Å². The molecule has 4 rings (SSSR count). The van der Waals surface area contributed by atoms with Gasteiger partial charge in [0.15, 0.2) is 5.16 Å². The lowest BCUT2D eigenvalue weighted by molar-refractivity contribution is -0.117. The predicted molar refractivity (Wildman–Crippen MR) is 130 cm³/mol. The summed E-state index contributed by atoms with van der Waals surface area (Å²) >= 11 is 2.73. The maximum atomic E-state index is 13.6. The third-order valence-corrected chi connectivity index (χ3v) is 7.80. The van der Waals surface area contributed by atoms with Crippen LogP contribution in [0.15, 0.2) is 32.8 Å². The van der Waals surface area contributed by atoms with E-state index in [4.69, 9.17) is 9.40 Å². The standard InChI is InChI=1S/C23H28N4O4S2/c1-3-4-9-24-22(30)25-18(28)13-32-23-26-20-19(16-8-7-14(2)11-17(16)33-20)21(29)27(23)12-15-6-5-10-31-15/h5-6,10,14H,3-4,7-9,11-13H2,1-2H3,(H2,24,25,28,30). The molecule has 10 heteroatoms. The van der Waals surface area contributed by atoms with Crippen molar-refractivity contribution >= 4 is 45.3 Å². The van der Waals surface area contributed by atoms with Crippen molar-refractivity contribution in [3.8, 4) is 0 Å². The van der Waals surface area contributed by atoms with E-state index in [1.165, 1.54) is 4.88 Å². The van der Waals surface area contributed by atoms with Crippen molar-refractivity contribution in [2.75, 3.05) is 12.3 Å². The number of aryl methyl sites for hydroxylation is 1. The number of amides is 3. The maximum absolute atomic E-state index is 13.6. The Morgan fingerprint density at radius 1 is 1.39 bits per heavy atom. The van der Waals surface area contributed by atoms with Crippen molar-refractivity contribution in [1.29, 1.82) is 0 Å². The number of hydrogen-bond acceptors (Lipinski definition) is 7. The minimum atomic E-state index is -0.509. The molecule has 0 spiro atoms. The van der Waals surface area contributed by atoms with Gasteiger partial charge in [-0.3, -0.25) is 19.5 Å². The van der Waals surface area contributed by atoms with Crippen molar-refractivity contribution in [2.24, 2.45) is 5.92 Å². The Morgan fingerprint density at radius 3 is 3.00 bits per heavy atom. The molecule has 1 aliphatic rings. The quantitative estimate of drug-likeness (QED) is 0.283. The van der Waals surface area contributed by atoms with Crippen LogP contribution in [0.1, 0.15) is 49.3 Å². The molecule has 8 nitrogen and oxygen atoms in total. The van der Waals surface area contributed by atoms with Gasteiger partial charge in [0, 0.05) is 11.4 Å². The highest BCUT2D eigenvalue weighted by molar-refractivity contribution is 7.99. The Hall–Kier alpha value is -2.59. The van der Waals surface area contributed by atoms with Crippen LogP contribution in [-0.2, 0) is 24.2 Å². The minimum Gasteiger partial charge on any atom is -0.467 e. The Bertz CT molecular complexity index is 1200. The van der Waals surface area contributed by atoms with E-state index in [0.717, 1.165) is 54.3 Å². The first-order chi connectivity index (χ1) is 16.0. The number of furan rings is 1. The number of fused-ring (bicyclic) bond motifs is 3. The molecule has 3 aromatic heterocycles. The van der Waals surface area contributed by atoms with Crippen molar-refractivity contribution < 1.29 is 14.0 Å². The maximum Gasteiger partial charge on any atom is 0.321 e. The van der Waals surface area contributed by atoms with Gasteiger partial charge >= 0.3 is 6.03 Å². The van der Waals surface area contributed by atoms with Crippen LogP contribution < -0.4 is 16.2 Å². The zero-order valence-electron chi connectivity index (χ0n) is 18.8. The number of imide groups is 1. The first kappa shape index (κ1) is 23.6. The molecule has 3 amide bonds. The van der Waals surface area contributed by atoms with Crippen LogP contribution in [0.25, 0.3) is 10.2 Å². The lowest BCUT2D eigenvalue weighted by Crippen LogP contribution is -2.40. The second-order valence-corrected chi connectivity index (χ2v) is 10.4. The molecule has 0 saturated carbocycles. The largest absolute Gasteiger partial charge is 0.467 e. The van der Waals surface area contributed by atoms with Crippen molar-refractivity contribution in [3.05, 3.63) is 45.0 Å². The second-order valence-electron chi connectivity index (χ2n) is 8.34. The van der Waals surface area contributed by atoms with Crippen LogP contribution in [-0.4, -0.2) is 33.8 Å². The van der Waals surface area contributed by atoms with Gasteiger partial charge < -0.3 is 9.73 Å². The average Bonchev–Trinajstić information content (AvgIpc) is 3.41. The number of hydrogen-bond donors (Lipinski definition) is 2. The highest BCUT2D eigenvalue weighted by Gasteiger charge is 2.25. The molecule has 1 unspecified atom stereocenters. The number of nitrogens with one attached hydrogen (secondary N) is 2. The summed E-state index contributed by atoms with van der Waals surface area (Å²) in [6, 6.07) is 3.08. The smallest absolute Gasteiger partial charge is 0.321 e. The number of carbonyl (C=O) groups is 2. The van der Waals surface area contributed by atoms with Gasteiger partial charge in [-0.1, -0.05) is 32.0 Å². The van der Waals surface area contributed by atoms with Gasteiger partial charge in [-0.25, -0.2) is 9.78 Å². The second kappa shape index (κ2) is 10.6. The molecule has 0 bridgehead atoms. The van der Waals surface area contributed by atoms with Gasteiger partial charge in [-0.2, -0.15) is 0 Å². The third kappa shape index (κ3) is 5.50. The molecule has 2 N–H and O–H groups in total. The number of carbonyl (C=O) groups excluding carboxylic acids is 2. The average molecular weight is 489 g/mol. The topological polar surface area (TPSA) is 106 Å². The summed E-state index contributed by atoms with van der Waals surface area (Å²) in [5.41, 5.74) is 1.01. The summed E-state index contributed by atoms with van der Waals surface area (Å²) in [5, 5.41) is 6.12. The lowest BCUT2D eigenvalue weighted by atomic mass is 9.89. The summed E-state index contributed by atoms with van der Waals surface area (Å²) < 4.78 is 7.04. The van der Waals surface area contributed by atoms with Crippen molar-refractivity contribution in [1.82, 2.24) is 20.2 Å². The molecule has 0 aliphatic heterocycles. The van der Waals surface area contributed by atoms with E-state index in [9.17, 15) is 14.4 Å². The Morgan fingerprint density at radius 2 is 2.24 bits per heavy atom. The molecule has 0 saturated heterocycles. The van der Waals surface area contributed by atoms with Crippen LogP contribution in [0.2, 0.25) is 0 Å². The fourth-order valence-corrected chi connectivity index (χ4v) is 6.15. The molecule has 33 heavy (non-hydrogen) atoms. The highest BCUT2D eigenvalue weighted by Crippen LogP contribution is 2.36. The lowest BCUT2D eigenvalue weighted by Gasteiger charge is -2.17. The normalized spacial score (nSPS) is 15.4. The van der Waals surface area contributed by atoms with Gasteiger partial charge in [0.1, 0.15) is 10.6 Å². The molecule has 1 aliphatic carbocycles. The van der Waals surface area contributed by atoms with Crippen molar-refractivity contribution in [3.63, 3.8) is 0 Å². The SMILES string of the molecule is CCCCNC(=O)NC(=O)CSc1nc2sc3c(c2c(=O)n1Cc1ccco1)CCC(C)C3. The molecule has 3 aromatic rings. The number of unbranched alkanes of at least 4 members (excludes halogenated alkanes) is 1. The first-order valence-corrected chi connectivity index (χ1v) is 13.0. The van der Waals surface area contributed by atoms with Gasteiger partial charge in [-0.15, -0.1) is 11.3 Å². The summed E-state index contributed by atoms with van der Waals surface area (Å²) in [6.45, 7) is 5.01. The van der Waals surface area contributed by atoms with E-state index in [1.54, 1.807) is 28.2 Å². The molecule has 3 heterocycles. The zero-order chi connectivity index (χ0) is 23.4. The predicted octanol–water partition coefficient (Wildman–Crippen LogP) is 3.94. The summed E-state index contributed by atoms with van der Waals surface area (Å²) in [6.07, 6.45) is 6.28. The number of thioether (sulfide) groups is 1. The van der Waals surface area contributed by atoms with Crippen LogP contribution in [0.4, 0.5) is 4.79 Å². The monoisotopic (exact) mass is 488 g/mol. The fourth-order valence-electron chi connectivity index (χ4n) is 3.93. The molecular formula is C23H28N4O4S2. The zero-order valence-corrected chi connectivity index (χ0v) is 20.4. The Balaban J connectivity index is 1.59. The molecule has 0 aromatic carbocycles. The number of aromatic nitrogens is 2. The Kier molecular flexibility index (Phi) is 7.54. The van der Waals surface area contributed by atoms with Gasteiger partial charge in [0.05, 0.1) is 23.9 Å². The highest BCUT2D eigenvalue weighted by atomic mass is 32.2. The molecular weight excluding hydrogens is 460 g/mol. The van der Waals surface area contributed by atoms with Gasteiger partial charge in [-0.05, 0) is 49.3 Å². The number of nitrogens with zero attached hydrogens (tertiary/aromatic N) is 2. The number of urea groups is 1. The van der Waals surface area contributed by atoms with E-state index in [1.807, 2.05) is 13.0 Å². The van der Waals surface area contributed by atoms with E-state index >= 15 is 0 Å². The van der Waals surface area contributed by atoms with Gasteiger partial charge in [0.25, 0.3) is 5.56 Å². The number of thiophene rings is 1. The van der Waals surface area contributed by atoms with Crippen molar-refractivity contribution in [2.45, 2.75) is 57.7 Å². The molecule has 176 valence electrons. The summed E-state index contributed by atoms with van der Waals surface area (Å²) in [7, 11) is 0. The molecule has 0 radical (unpaired) electrons. The Labute approximate surface area is 200 Å². The van der Waals surface area contributed by atoms with Gasteiger partial charge in [0.2, 0.25) is 5.91 Å². The van der Waals surface area contributed by atoms with Crippen LogP contribution in [0.3, 0.4) is 0 Å². The molecule has 0 fully saturated rings.